The van der Waals surface area contributed by atoms with Crippen molar-refractivity contribution in [3.05, 3.63) is 15.6 Å². The van der Waals surface area contributed by atoms with Crippen molar-refractivity contribution in [2.75, 3.05) is 27.4 Å². The second-order valence-corrected chi connectivity index (χ2v) is 5.03. The average Bonchev–Trinajstić information content (AvgIpc) is 2.67. The van der Waals surface area contributed by atoms with Crippen molar-refractivity contribution in [1.82, 2.24) is 10.3 Å². The lowest BCUT2D eigenvalue weighted by Gasteiger charge is -2.06. The molecule has 1 heterocycles. The smallest absolute Gasteiger partial charge is 0.378 e. The molecule has 0 aliphatic carbocycles. The quantitative estimate of drug-likeness (QED) is 0.747. The molecule has 110 valence electrons. The van der Waals surface area contributed by atoms with Crippen molar-refractivity contribution in [1.29, 1.82) is 0 Å². The van der Waals surface area contributed by atoms with Crippen molar-refractivity contribution in [3.63, 3.8) is 0 Å². The molecule has 1 rings (SSSR count). The van der Waals surface area contributed by atoms with Crippen LogP contribution < -0.4 is 5.32 Å². The summed E-state index contributed by atoms with van der Waals surface area (Å²) in [5.74, 6) is 0. The van der Waals surface area contributed by atoms with Crippen LogP contribution in [0.25, 0.3) is 0 Å². The lowest BCUT2D eigenvalue weighted by Crippen LogP contribution is -2.17. The Bertz CT molecular complexity index is 359. The molecule has 0 aliphatic rings. The van der Waals surface area contributed by atoms with Gasteiger partial charge in [-0.05, 0) is 7.05 Å². The number of aromatic nitrogens is 1. The Hall–Kier alpha value is -0.700. The second kappa shape index (κ2) is 7.78. The van der Waals surface area contributed by atoms with Gasteiger partial charge in [-0.3, -0.25) is 0 Å². The summed E-state index contributed by atoms with van der Waals surface area (Å²) < 4.78 is 45.3. The van der Waals surface area contributed by atoms with Crippen LogP contribution in [-0.4, -0.2) is 38.5 Å². The largest absolute Gasteiger partial charge is 0.411 e. The van der Waals surface area contributed by atoms with Gasteiger partial charge in [0.2, 0.25) is 0 Å². The SMILES string of the molecule is CNCc1sc(CCOCC(F)(F)F)nc1COC. The first-order valence-corrected chi connectivity index (χ1v) is 6.53. The molecular weight excluding hydrogens is 281 g/mol. The Labute approximate surface area is 113 Å². The summed E-state index contributed by atoms with van der Waals surface area (Å²) in [4.78, 5) is 5.38. The molecule has 0 radical (unpaired) electrons. The monoisotopic (exact) mass is 298 g/mol. The number of rotatable bonds is 8. The van der Waals surface area contributed by atoms with E-state index in [9.17, 15) is 13.2 Å². The maximum atomic E-state index is 11.9. The lowest BCUT2D eigenvalue weighted by molar-refractivity contribution is -0.173. The van der Waals surface area contributed by atoms with Crippen LogP contribution in [0.3, 0.4) is 0 Å². The van der Waals surface area contributed by atoms with E-state index in [1.807, 2.05) is 7.05 Å². The Morgan fingerprint density at radius 2 is 2.11 bits per heavy atom. The molecular formula is C11H17F3N2O2S. The van der Waals surface area contributed by atoms with E-state index in [0.717, 1.165) is 15.6 Å². The third kappa shape index (κ3) is 6.33. The van der Waals surface area contributed by atoms with Crippen molar-refractivity contribution in [2.45, 2.75) is 25.7 Å². The summed E-state index contributed by atoms with van der Waals surface area (Å²) in [6, 6.07) is 0. The van der Waals surface area contributed by atoms with Gasteiger partial charge in [-0.15, -0.1) is 11.3 Å². The zero-order chi connectivity index (χ0) is 14.3. The number of nitrogens with one attached hydrogen (secondary N) is 1. The number of methoxy groups -OCH3 is 1. The van der Waals surface area contributed by atoms with Crippen LogP contribution in [0.1, 0.15) is 15.6 Å². The average molecular weight is 298 g/mol. The van der Waals surface area contributed by atoms with E-state index >= 15 is 0 Å². The Kier molecular flexibility index (Phi) is 6.70. The standard InChI is InChI=1S/C11H17F3N2O2S/c1-15-5-9-8(6-17-2)16-10(19-9)3-4-18-7-11(12,13)14/h15H,3-7H2,1-2H3. The minimum atomic E-state index is -4.28. The number of halogens is 3. The van der Waals surface area contributed by atoms with E-state index in [0.29, 0.717) is 19.6 Å². The Balaban J connectivity index is 2.47. The van der Waals surface area contributed by atoms with Crippen LogP contribution in [0.4, 0.5) is 13.2 Å². The van der Waals surface area contributed by atoms with Crippen LogP contribution in [0.2, 0.25) is 0 Å². The third-order valence-corrected chi connectivity index (χ3v) is 3.32. The number of hydrogen-bond acceptors (Lipinski definition) is 5. The second-order valence-electron chi connectivity index (χ2n) is 3.86. The van der Waals surface area contributed by atoms with Crippen LogP contribution in [0.5, 0.6) is 0 Å². The van der Waals surface area contributed by atoms with Crippen molar-refractivity contribution < 1.29 is 22.6 Å². The van der Waals surface area contributed by atoms with Gasteiger partial charge in [0.15, 0.2) is 0 Å². The summed E-state index contributed by atoms with van der Waals surface area (Å²) in [5.41, 5.74) is 0.827. The number of hydrogen-bond donors (Lipinski definition) is 1. The summed E-state index contributed by atoms with van der Waals surface area (Å²) in [6.45, 7) is -0.137. The third-order valence-electron chi connectivity index (χ3n) is 2.17. The first-order chi connectivity index (χ1) is 8.96. The first kappa shape index (κ1) is 16.4. The Morgan fingerprint density at radius 3 is 2.68 bits per heavy atom. The van der Waals surface area contributed by atoms with Gasteiger partial charge in [0, 0.05) is 25.0 Å². The number of alkyl halides is 3. The molecule has 19 heavy (non-hydrogen) atoms. The predicted octanol–water partition coefficient (Wildman–Crippen LogP) is 2.13. The molecule has 1 aromatic heterocycles. The molecule has 0 spiro atoms. The van der Waals surface area contributed by atoms with Gasteiger partial charge < -0.3 is 14.8 Å². The normalized spacial score (nSPS) is 12.1. The minimum Gasteiger partial charge on any atom is -0.378 e. The van der Waals surface area contributed by atoms with Crippen molar-refractivity contribution in [2.24, 2.45) is 0 Å². The maximum absolute atomic E-state index is 11.9. The molecule has 0 unspecified atom stereocenters. The van der Waals surface area contributed by atoms with E-state index in [-0.39, 0.29) is 6.61 Å². The van der Waals surface area contributed by atoms with Gasteiger partial charge in [0.1, 0.15) is 6.61 Å². The number of thiazole rings is 1. The van der Waals surface area contributed by atoms with Gasteiger partial charge in [0.25, 0.3) is 0 Å². The van der Waals surface area contributed by atoms with Crippen molar-refractivity contribution in [3.8, 4) is 0 Å². The molecule has 1 aromatic rings. The molecule has 0 aromatic carbocycles. The highest BCUT2D eigenvalue weighted by molar-refractivity contribution is 7.11. The molecule has 0 aliphatic heterocycles. The van der Waals surface area contributed by atoms with E-state index in [2.05, 4.69) is 15.0 Å². The highest BCUT2D eigenvalue weighted by Gasteiger charge is 2.27. The summed E-state index contributed by atoms with van der Waals surface area (Å²) >= 11 is 1.47. The highest BCUT2D eigenvalue weighted by Crippen LogP contribution is 2.20. The van der Waals surface area contributed by atoms with Crippen molar-refractivity contribution >= 4 is 11.3 Å². The summed E-state index contributed by atoms with van der Waals surface area (Å²) in [6.07, 6.45) is -3.90. The van der Waals surface area contributed by atoms with Crippen LogP contribution in [0.15, 0.2) is 0 Å². The van der Waals surface area contributed by atoms with E-state index < -0.39 is 12.8 Å². The zero-order valence-electron chi connectivity index (χ0n) is 10.8. The van der Waals surface area contributed by atoms with Gasteiger partial charge in [-0.1, -0.05) is 0 Å². The minimum absolute atomic E-state index is 0.0123. The summed E-state index contributed by atoms with van der Waals surface area (Å²) in [7, 11) is 3.40. The topological polar surface area (TPSA) is 43.4 Å². The first-order valence-electron chi connectivity index (χ1n) is 5.71. The van der Waals surface area contributed by atoms with E-state index in [4.69, 9.17) is 4.74 Å². The maximum Gasteiger partial charge on any atom is 0.411 e. The van der Waals surface area contributed by atoms with Crippen LogP contribution in [-0.2, 0) is 29.0 Å². The Morgan fingerprint density at radius 1 is 1.37 bits per heavy atom. The van der Waals surface area contributed by atoms with Gasteiger partial charge in [-0.2, -0.15) is 13.2 Å². The molecule has 0 saturated carbocycles. The molecule has 8 heteroatoms. The fraction of sp³-hybridized carbons (Fsp3) is 0.727. The fourth-order valence-corrected chi connectivity index (χ4v) is 2.50. The molecule has 1 N–H and O–H groups in total. The van der Waals surface area contributed by atoms with E-state index in [1.54, 1.807) is 7.11 Å². The molecule has 0 atom stereocenters. The number of ether oxygens (including phenoxy) is 2. The lowest BCUT2D eigenvalue weighted by atomic mass is 10.3. The van der Waals surface area contributed by atoms with E-state index in [1.165, 1.54) is 11.3 Å². The van der Waals surface area contributed by atoms with Crippen LogP contribution in [0, 0.1) is 0 Å². The van der Waals surface area contributed by atoms with Gasteiger partial charge in [0.05, 0.1) is 23.9 Å². The predicted molar refractivity (Wildman–Crippen MR) is 66.2 cm³/mol. The van der Waals surface area contributed by atoms with Crippen LogP contribution >= 0.6 is 11.3 Å². The number of nitrogens with zero attached hydrogens (tertiary/aromatic N) is 1. The molecule has 0 saturated heterocycles. The molecule has 0 fully saturated rings. The highest BCUT2D eigenvalue weighted by atomic mass is 32.1. The fourth-order valence-electron chi connectivity index (χ4n) is 1.44. The zero-order valence-corrected chi connectivity index (χ0v) is 11.7. The molecule has 0 bridgehead atoms. The van der Waals surface area contributed by atoms with Gasteiger partial charge >= 0.3 is 6.18 Å². The molecule has 4 nitrogen and oxygen atoms in total. The van der Waals surface area contributed by atoms with Gasteiger partial charge in [-0.25, -0.2) is 4.98 Å². The summed E-state index contributed by atoms with van der Waals surface area (Å²) in [5, 5.41) is 3.78. The molecule has 0 amide bonds.